The molecule has 0 bridgehead atoms. The van der Waals surface area contributed by atoms with Crippen LogP contribution in [0.25, 0.3) is 0 Å². The van der Waals surface area contributed by atoms with E-state index in [9.17, 15) is 8.76 Å². The van der Waals surface area contributed by atoms with E-state index < -0.39 is 11.1 Å². The summed E-state index contributed by atoms with van der Waals surface area (Å²) in [6.45, 7) is 0. The van der Waals surface area contributed by atoms with Crippen LogP contribution in [-0.4, -0.2) is 25.7 Å². The van der Waals surface area contributed by atoms with E-state index in [4.69, 9.17) is 5.11 Å². The molecule has 3 nitrogen and oxygen atoms in total. The van der Waals surface area contributed by atoms with Crippen LogP contribution >= 0.6 is 0 Å². The summed E-state index contributed by atoms with van der Waals surface area (Å²) in [5.74, 6) is 0.559. The van der Waals surface area contributed by atoms with Gasteiger partial charge < -0.3 is 9.66 Å². The summed E-state index contributed by atoms with van der Waals surface area (Å²) in [5.41, 5.74) is 0. The zero-order valence-electron chi connectivity index (χ0n) is 6.36. The lowest BCUT2D eigenvalue weighted by atomic mass is 9.89. The van der Waals surface area contributed by atoms with Gasteiger partial charge in [-0.25, -0.2) is 0 Å². The van der Waals surface area contributed by atoms with Crippen LogP contribution in [0.3, 0.4) is 0 Å². The van der Waals surface area contributed by atoms with Crippen LogP contribution in [0.15, 0.2) is 0 Å². The van der Waals surface area contributed by atoms with Crippen molar-refractivity contribution in [1.82, 2.24) is 0 Å². The Balaban J connectivity index is 2.22. The molecule has 0 aromatic carbocycles. The second-order valence-electron chi connectivity index (χ2n) is 3.14. The topological polar surface area (TPSA) is 60.4 Å². The fourth-order valence-corrected chi connectivity index (χ4v) is 2.22. The second-order valence-corrected chi connectivity index (χ2v) is 4.09. The van der Waals surface area contributed by atoms with Crippen molar-refractivity contribution in [2.45, 2.75) is 31.8 Å². The van der Waals surface area contributed by atoms with Gasteiger partial charge in [0.15, 0.2) is 0 Å². The molecule has 0 aliphatic heterocycles. The van der Waals surface area contributed by atoms with E-state index in [0.29, 0.717) is 0 Å². The predicted molar refractivity (Wildman–Crippen MR) is 41.8 cm³/mol. The standard InChI is InChI=1S/C7H14O3S/c8-7-3-1-6(2-4-7)5-11(9)10/h6-8H,1-5H2,(H,9,10)/p-1. The average molecular weight is 177 g/mol. The normalized spacial score (nSPS) is 35.1. The smallest absolute Gasteiger partial charge is 0.0540 e. The van der Waals surface area contributed by atoms with Gasteiger partial charge in [-0.3, -0.25) is 4.21 Å². The maximum Gasteiger partial charge on any atom is 0.0540 e. The molecule has 1 atom stereocenters. The van der Waals surface area contributed by atoms with Crippen molar-refractivity contribution in [2.24, 2.45) is 5.92 Å². The molecule has 0 saturated heterocycles. The van der Waals surface area contributed by atoms with Crippen LogP contribution in [0.1, 0.15) is 25.7 Å². The summed E-state index contributed by atoms with van der Waals surface area (Å²) in [5, 5.41) is 9.11. The van der Waals surface area contributed by atoms with Crippen molar-refractivity contribution in [1.29, 1.82) is 0 Å². The highest BCUT2D eigenvalue weighted by Crippen LogP contribution is 2.24. The summed E-state index contributed by atoms with van der Waals surface area (Å²) in [6.07, 6.45) is 3.06. The third-order valence-electron chi connectivity index (χ3n) is 2.19. The highest BCUT2D eigenvalue weighted by atomic mass is 32.2. The summed E-state index contributed by atoms with van der Waals surface area (Å²) in [4.78, 5) is 0. The van der Waals surface area contributed by atoms with Gasteiger partial charge in [0.1, 0.15) is 0 Å². The van der Waals surface area contributed by atoms with E-state index in [-0.39, 0.29) is 17.8 Å². The SMILES string of the molecule is O=S([O-])CC1CCC(O)CC1. The molecular weight excluding hydrogens is 164 g/mol. The van der Waals surface area contributed by atoms with Crippen molar-refractivity contribution in [3.63, 3.8) is 0 Å². The maximum absolute atomic E-state index is 10.3. The Morgan fingerprint density at radius 3 is 2.36 bits per heavy atom. The van der Waals surface area contributed by atoms with Crippen LogP contribution in [0.4, 0.5) is 0 Å². The molecule has 1 rings (SSSR count). The lowest BCUT2D eigenvalue weighted by Gasteiger charge is -2.25. The Hall–Kier alpha value is 0.0700. The molecule has 1 aliphatic carbocycles. The highest BCUT2D eigenvalue weighted by Gasteiger charge is 2.18. The molecule has 4 heteroatoms. The molecule has 1 fully saturated rings. The van der Waals surface area contributed by atoms with Gasteiger partial charge in [0.05, 0.1) is 6.10 Å². The van der Waals surface area contributed by atoms with Gasteiger partial charge in [0.2, 0.25) is 0 Å². The van der Waals surface area contributed by atoms with E-state index in [0.717, 1.165) is 25.7 Å². The average Bonchev–Trinajstić information content (AvgIpc) is 1.93. The maximum atomic E-state index is 10.3. The molecule has 66 valence electrons. The summed E-state index contributed by atoms with van der Waals surface area (Å²) in [7, 11) is 0. The Labute approximate surface area is 69.1 Å². The van der Waals surface area contributed by atoms with Gasteiger partial charge in [-0.15, -0.1) is 0 Å². The lowest BCUT2D eigenvalue weighted by Crippen LogP contribution is -2.21. The van der Waals surface area contributed by atoms with Gasteiger partial charge in [-0.2, -0.15) is 0 Å². The van der Waals surface area contributed by atoms with Gasteiger partial charge >= 0.3 is 0 Å². The van der Waals surface area contributed by atoms with Gasteiger partial charge in [-0.1, -0.05) is 11.1 Å². The molecule has 1 saturated carbocycles. The molecule has 0 heterocycles. The van der Waals surface area contributed by atoms with Crippen LogP contribution in [-0.2, 0) is 11.1 Å². The minimum atomic E-state index is -1.91. The number of aliphatic hydroxyl groups is 1. The Morgan fingerprint density at radius 2 is 1.91 bits per heavy atom. The summed E-state index contributed by atoms with van der Waals surface area (Å²) < 4.78 is 20.6. The molecule has 11 heavy (non-hydrogen) atoms. The van der Waals surface area contributed by atoms with Crippen LogP contribution in [0, 0.1) is 5.92 Å². The molecule has 0 aromatic rings. The fraction of sp³-hybridized carbons (Fsp3) is 1.00. The first-order chi connectivity index (χ1) is 5.18. The largest absolute Gasteiger partial charge is 0.772 e. The Bertz CT molecular complexity index is 141. The number of rotatable bonds is 2. The number of hydrogen-bond donors (Lipinski definition) is 1. The lowest BCUT2D eigenvalue weighted by molar-refractivity contribution is 0.113. The quantitative estimate of drug-likeness (QED) is 0.622. The first-order valence-electron chi connectivity index (χ1n) is 3.92. The number of hydrogen-bond acceptors (Lipinski definition) is 3. The van der Waals surface area contributed by atoms with Crippen LogP contribution < -0.4 is 0 Å². The van der Waals surface area contributed by atoms with Gasteiger partial charge in [0.25, 0.3) is 0 Å². The van der Waals surface area contributed by atoms with Crippen molar-refractivity contribution in [3.05, 3.63) is 0 Å². The van der Waals surface area contributed by atoms with Crippen molar-refractivity contribution < 1.29 is 13.9 Å². The van der Waals surface area contributed by atoms with E-state index >= 15 is 0 Å². The third kappa shape index (κ3) is 3.31. The zero-order chi connectivity index (χ0) is 8.27. The van der Waals surface area contributed by atoms with Gasteiger partial charge in [-0.05, 0) is 31.6 Å². The van der Waals surface area contributed by atoms with E-state index in [1.165, 1.54) is 0 Å². The molecule has 1 N–H and O–H groups in total. The molecular formula is C7H13O3S-. The first kappa shape index (κ1) is 9.16. The van der Waals surface area contributed by atoms with Crippen molar-refractivity contribution in [3.8, 4) is 0 Å². The zero-order valence-corrected chi connectivity index (χ0v) is 7.18. The predicted octanol–water partition coefficient (Wildman–Crippen LogP) is 0.417. The minimum absolute atomic E-state index is 0.189. The second kappa shape index (κ2) is 4.18. The Morgan fingerprint density at radius 1 is 1.36 bits per heavy atom. The summed E-state index contributed by atoms with van der Waals surface area (Å²) >= 11 is -1.91. The first-order valence-corrected chi connectivity index (χ1v) is 5.17. The molecule has 0 spiro atoms. The molecule has 0 aromatic heterocycles. The third-order valence-corrected chi connectivity index (χ3v) is 2.93. The van der Waals surface area contributed by atoms with Gasteiger partial charge in [0, 0.05) is 5.75 Å². The minimum Gasteiger partial charge on any atom is -0.772 e. The molecule has 1 unspecified atom stereocenters. The van der Waals surface area contributed by atoms with E-state index in [2.05, 4.69) is 0 Å². The number of aliphatic hydroxyl groups excluding tert-OH is 1. The highest BCUT2D eigenvalue weighted by molar-refractivity contribution is 7.79. The molecule has 0 radical (unpaired) electrons. The van der Waals surface area contributed by atoms with E-state index in [1.807, 2.05) is 0 Å². The van der Waals surface area contributed by atoms with Crippen molar-refractivity contribution in [2.75, 3.05) is 5.75 Å². The molecule has 0 amide bonds. The summed E-state index contributed by atoms with van der Waals surface area (Å²) in [6, 6.07) is 0. The van der Waals surface area contributed by atoms with Crippen LogP contribution in [0.2, 0.25) is 0 Å². The van der Waals surface area contributed by atoms with E-state index in [1.54, 1.807) is 0 Å². The molecule has 1 aliphatic rings. The fourth-order valence-electron chi connectivity index (χ4n) is 1.50. The Kier molecular flexibility index (Phi) is 3.48. The van der Waals surface area contributed by atoms with Crippen LogP contribution in [0.5, 0.6) is 0 Å². The monoisotopic (exact) mass is 177 g/mol. The van der Waals surface area contributed by atoms with Crippen molar-refractivity contribution >= 4 is 11.1 Å².